The molecule has 21 heavy (non-hydrogen) atoms. The van der Waals surface area contributed by atoms with E-state index in [1.54, 1.807) is 32.1 Å². The molecule has 0 fully saturated rings. The Balaban J connectivity index is 2.63. The van der Waals surface area contributed by atoms with Gasteiger partial charge in [-0.3, -0.25) is 4.79 Å². The van der Waals surface area contributed by atoms with Gasteiger partial charge in [0, 0.05) is 5.69 Å². The van der Waals surface area contributed by atoms with Gasteiger partial charge in [0.1, 0.15) is 6.10 Å². The van der Waals surface area contributed by atoms with Crippen molar-refractivity contribution < 1.29 is 17.9 Å². The molecule has 1 atom stereocenters. The molecule has 1 rings (SSSR count). The number of hydrogen-bond acceptors (Lipinski definition) is 4. The first-order valence-electron chi connectivity index (χ1n) is 6.77. The molecule has 1 aromatic carbocycles. The van der Waals surface area contributed by atoms with Crippen LogP contribution in [0.25, 0.3) is 0 Å². The van der Waals surface area contributed by atoms with E-state index in [9.17, 15) is 13.2 Å². The fourth-order valence-electron chi connectivity index (χ4n) is 1.56. The lowest BCUT2D eigenvalue weighted by molar-refractivity contribution is -0.126. The van der Waals surface area contributed by atoms with Gasteiger partial charge in [0.15, 0.2) is 9.84 Å². The fourth-order valence-corrected chi connectivity index (χ4v) is 2.44. The molecule has 0 aliphatic heterocycles. The second kappa shape index (κ2) is 7.95. The summed E-state index contributed by atoms with van der Waals surface area (Å²) in [5, 5.41) is 2.68. The van der Waals surface area contributed by atoms with Gasteiger partial charge in [-0.1, -0.05) is 13.0 Å². The molecular weight excluding hydrogens is 290 g/mol. The Bertz CT molecular complexity index is 578. The minimum absolute atomic E-state index is 0.0485. The van der Waals surface area contributed by atoms with Crippen LogP contribution in [0, 0.1) is 0 Å². The Morgan fingerprint density at radius 3 is 2.52 bits per heavy atom. The Labute approximate surface area is 125 Å². The number of amides is 1. The molecular formula is C15H21NO4S. The minimum Gasteiger partial charge on any atom is -0.368 e. The summed E-state index contributed by atoms with van der Waals surface area (Å²) in [6.07, 6.45) is 1.82. The van der Waals surface area contributed by atoms with Crippen LogP contribution < -0.4 is 5.32 Å². The number of nitrogens with one attached hydrogen (secondary N) is 1. The fraction of sp³-hybridized carbons (Fsp3) is 0.400. The van der Waals surface area contributed by atoms with Gasteiger partial charge in [0.05, 0.1) is 17.3 Å². The molecule has 6 heteroatoms. The number of carbonyl (C=O) groups is 1. The Hall–Kier alpha value is -1.66. The maximum atomic E-state index is 11.9. The second-order valence-electron chi connectivity index (χ2n) is 4.51. The molecule has 0 heterocycles. The van der Waals surface area contributed by atoms with E-state index in [1.807, 2.05) is 0 Å². The molecule has 0 aromatic heterocycles. The normalized spacial score (nSPS) is 12.7. The molecule has 0 spiro atoms. The van der Waals surface area contributed by atoms with Crippen molar-refractivity contribution in [2.75, 3.05) is 17.7 Å². The lowest BCUT2D eigenvalue weighted by Gasteiger charge is -2.13. The number of ether oxygens (including phenoxy) is 1. The standard InChI is InChI=1S/C15H21NO4S/c1-4-6-11-20-12(3)15(17)16-13-7-9-14(10-8-13)21(18,19)5-2/h4,7-10,12H,1,5-6,11H2,2-3H3,(H,16,17). The van der Waals surface area contributed by atoms with E-state index in [1.165, 1.54) is 12.1 Å². The molecule has 0 radical (unpaired) electrons. The van der Waals surface area contributed by atoms with Crippen molar-refractivity contribution in [3.8, 4) is 0 Å². The predicted octanol–water partition coefficient (Wildman–Crippen LogP) is 2.40. The molecule has 0 aliphatic carbocycles. The largest absolute Gasteiger partial charge is 0.368 e. The van der Waals surface area contributed by atoms with Crippen LogP contribution in [0.5, 0.6) is 0 Å². The summed E-state index contributed by atoms with van der Waals surface area (Å²) in [7, 11) is -3.22. The van der Waals surface area contributed by atoms with Crippen LogP contribution in [0.2, 0.25) is 0 Å². The highest BCUT2D eigenvalue weighted by atomic mass is 32.2. The summed E-state index contributed by atoms with van der Waals surface area (Å²) in [6, 6.07) is 6.10. The highest BCUT2D eigenvalue weighted by molar-refractivity contribution is 7.91. The molecule has 0 saturated heterocycles. The summed E-state index contributed by atoms with van der Waals surface area (Å²) >= 11 is 0. The molecule has 1 N–H and O–H groups in total. The van der Waals surface area contributed by atoms with Crippen molar-refractivity contribution in [1.82, 2.24) is 0 Å². The van der Waals surface area contributed by atoms with Gasteiger partial charge in [-0.15, -0.1) is 6.58 Å². The lowest BCUT2D eigenvalue weighted by atomic mass is 10.3. The predicted molar refractivity (Wildman–Crippen MR) is 83.0 cm³/mol. The van der Waals surface area contributed by atoms with Crippen LogP contribution in [0.15, 0.2) is 41.8 Å². The van der Waals surface area contributed by atoms with Gasteiger partial charge in [0.25, 0.3) is 5.91 Å². The summed E-state index contributed by atoms with van der Waals surface area (Å²) in [5.74, 6) is -0.225. The number of carbonyl (C=O) groups excluding carboxylic acids is 1. The van der Waals surface area contributed by atoms with Gasteiger partial charge in [-0.05, 0) is 37.6 Å². The van der Waals surface area contributed by atoms with E-state index in [-0.39, 0.29) is 16.6 Å². The number of hydrogen-bond donors (Lipinski definition) is 1. The maximum Gasteiger partial charge on any atom is 0.253 e. The molecule has 0 aliphatic rings. The SMILES string of the molecule is C=CCCOC(C)C(=O)Nc1ccc(S(=O)(=O)CC)cc1. The zero-order valence-electron chi connectivity index (χ0n) is 12.3. The Kier molecular flexibility index (Phi) is 6.58. The number of sulfone groups is 1. The van der Waals surface area contributed by atoms with Gasteiger partial charge in [-0.2, -0.15) is 0 Å². The second-order valence-corrected chi connectivity index (χ2v) is 6.79. The third-order valence-corrected chi connectivity index (χ3v) is 4.67. The van der Waals surface area contributed by atoms with Crippen molar-refractivity contribution in [1.29, 1.82) is 0 Å². The molecule has 5 nitrogen and oxygen atoms in total. The van der Waals surface area contributed by atoms with Gasteiger partial charge < -0.3 is 10.1 Å². The number of rotatable bonds is 8. The summed E-state index contributed by atoms with van der Waals surface area (Å²) in [5.41, 5.74) is 0.536. The molecule has 0 bridgehead atoms. The summed E-state index contributed by atoms with van der Waals surface area (Å²) in [4.78, 5) is 12.1. The third-order valence-electron chi connectivity index (χ3n) is 2.92. The summed E-state index contributed by atoms with van der Waals surface area (Å²) < 4.78 is 28.7. The van der Waals surface area contributed by atoms with E-state index in [0.29, 0.717) is 18.7 Å². The van der Waals surface area contributed by atoms with E-state index in [2.05, 4.69) is 11.9 Å². The third kappa shape index (κ3) is 5.32. The average molecular weight is 311 g/mol. The Morgan fingerprint density at radius 2 is 2.00 bits per heavy atom. The monoisotopic (exact) mass is 311 g/mol. The van der Waals surface area contributed by atoms with Gasteiger partial charge in [0.2, 0.25) is 0 Å². The van der Waals surface area contributed by atoms with Crippen molar-refractivity contribution in [3.63, 3.8) is 0 Å². The van der Waals surface area contributed by atoms with Crippen LogP contribution in [0.3, 0.4) is 0 Å². The maximum absolute atomic E-state index is 11.9. The smallest absolute Gasteiger partial charge is 0.253 e. The van der Waals surface area contributed by atoms with E-state index in [0.717, 1.165) is 0 Å². The molecule has 1 aromatic rings. The zero-order valence-corrected chi connectivity index (χ0v) is 13.2. The van der Waals surface area contributed by atoms with Crippen molar-refractivity contribution in [2.45, 2.75) is 31.3 Å². The highest BCUT2D eigenvalue weighted by Crippen LogP contribution is 2.15. The van der Waals surface area contributed by atoms with Crippen LogP contribution in [0.1, 0.15) is 20.3 Å². The number of anilines is 1. The quantitative estimate of drug-likeness (QED) is 0.591. The van der Waals surface area contributed by atoms with E-state index >= 15 is 0 Å². The number of benzene rings is 1. The average Bonchev–Trinajstić information content (AvgIpc) is 2.48. The van der Waals surface area contributed by atoms with Gasteiger partial charge >= 0.3 is 0 Å². The zero-order chi connectivity index (χ0) is 15.9. The molecule has 1 unspecified atom stereocenters. The topological polar surface area (TPSA) is 72.5 Å². The van der Waals surface area contributed by atoms with Crippen LogP contribution in [-0.2, 0) is 19.4 Å². The van der Waals surface area contributed by atoms with Crippen LogP contribution in [-0.4, -0.2) is 32.8 Å². The van der Waals surface area contributed by atoms with Crippen LogP contribution in [0.4, 0.5) is 5.69 Å². The molecule has 116 valence electrons. The van der Waals surface area contributed by atoms with E-state index in [4.69, 9.17) is 4.74 Å². The van der Waals surface area contributed by atoms with Crippen molar-refractivity contribution in [2.24, 2.45) is 0 Å². The minimum atomic E-state index is -3.22. The summed E-state index contributed by atoms with van der Waals surface area (Å²) in [6.45, 7) is 7.26. The molecule has 1 amide bonds. The first-order chi connectivity index (χ1) is 9.90. The first-order valence-corrected chi connectivity index (χ1v) is 8.42. The lowest BCUT2D eigenvalue weighted by Crippen LogP contribution is -2.28. The van der Waals surface area contributed by atoms with E-state index < -0.39 is 15.9 Å². The Morgan fingerprint density at radius 1 is 1.38 bits per heavy atom. The van der Waals surface area contributed by atoms with Crippen molar-refractivity contribution in [3.05, 3.63) is 36.9 Å². The molecule has 0 saturated carbocycles. The van der Waals surface area contributed by atoms with Crippen LogP contribution >= 0.6 is 0 Å². The van der Waals surface area contributed by atoms with Gasteiger partial charge in [-0.25, -0.2) is 8.42 Å². The first kappa shape index (κ1) is 17.4. The highest BCUT2D eigenvalue weighted by Gasteiger charge is 2.14. The van der Waals surface area contributed by atoms with Crippen molar-refractivity contribution >= 4 is 21.4 Å².